The van der Waals surface area contributed by atoms with Gasteiger partial charge in [0, 0.05) is 6.04 Å². The fourth-order valence-corrected chi connectivity index (χ4v) is 2.05. The molecule has 0 aromatic rings. The molecule has 86 valence electrons. The van der Waals surface area contributed by atoms with Crippen LogP contribution in [0.15, 0.2) is 0 Å². The van der Waals surface area contributed by atoms with Gasteiger partial charge in [0.2, 0.25) is 0 Å². The van der Waals surface area contributed by atoms with E-state index in [0.717, 1.165) is 44.9 Å². The molecule has 0 bridgehead atoms. The summed E-state index contributed by atoms with van der Waals surface area (Å²) in [5.74, 6) is 0. The summed E-state index contributed by atoms with van der Waals surface area (Å²) >= 11 is 0. The molecule has 0 radical (unpaired) electrons. The molecule has 0 aliphatic rings. The lowest BCUT2D eigenvalue weighted by Gasteiger charge is -2.33. The van der Waals surface area contributed by atoms with Crippen LogP contribution < -0.4 is 5.73 Å². The molecule has 0 rings (SSSR count). The Morgan fingerprint density at radius 1 is 1.07 bits per heavy atom. The number of nitrogens with two attached hydrogens (primary N) is 1. The largest absolute Gasteiger partial charge is 0.388 e. The van der Waals surface area contributed by atoms with Gasteiger partial charge in [-0.05, 0) is 19.3 Å². The highest BCUT2D eigenvalue weighted by molar-refractivity contribution is 4.88. The lowest BCUT2D eigenvalue weighted by atomic mass is 9.83. The molecule has 0 saturated heterocycles. The molecule has 0 amide bonds. The molecule has 0 aromatic heterocycles. The van der Waals surface area contributed by atoms with Crippen molar-refractivity contribution in [3.8, 4) is 0 Å². The molecule has 0 fully saturated rings. The molecule has 0 aliphatic heterocycles. The van der Waals surface area contributed by atoms with Crippen LogP contribution in [0, 0.1) is 0 Å². The highest BCUT2D eigenvalue weighted by Crippen LogP contribution is 2.25. The minimum atomic E-state index is -0.612. The Morgan fingerprint density at radius 2 is 1.57 bits per heavy atom. The zero-order valence-corrected chi connectivity index (χ0v) is 10.1. The summed E-state index contributed by atoms with van der Waals surface area (Å²) < 4.78 is 0. The van der Waals surface area contributed by atoms with Gasteiger partial charge in [0.25, 0.3) is 0 Å². The number of aliphatic hydroxyl groups is 1. The van der Waals surface area contributed by atoms with Gasteiger partial charge in [-0.15, -0.1) is 0 Å². The van der Waals surface area contributed by atoms with E-state index in [2.05, 4.69) is 20.8 Å². The summed E-state index contributed by atoms with van der Waals surface area (Å²) in [4.78, 5) is 0. The van der Waals surface area contributed by atoms with Gasteiger partial charge in [0.1, 0.15) is 0 Å². The van der Waals surface area contributed by atoms with Crippen LogP contribution in [0.4, 0.5) is 0 Å². The molecule has 2 nitrogen and oxygen atoms in total. The Labute approximate surface area is 88.9 Å². The number of unbranched alkanes of at least 4 members (excludes halogenated alkanes) is 1. The monoisotopic (exact) mass is 201 g/mol. The SMILES string of the molecule is CCCCC(N)C(O)(CCC)CCC. The van der Waals surface area contributed by atoms with E-state index in [0.29, 0.717) is 0 Å². The molecule has 1 atom stereocenters. The van der Waals surface area contributed by atoms with Crippen molar-refractivity contribution < 1.29 is 5.11 Å². The normalized spacial score (nSPS) is 14.4. The standard InChI is InChI=1S/C12H27NO/c1-4-7-8-11(13)12(14,9-5-2)10-6-3/h11,14H,4-10,13H2,1-3H3. The average molecular weight is 201 g/mol. The van der Waals surface area contributed by atoms with E-state index in [1.54, 1.807) is 0 Å². The molecule has 0 aliphatic carbocycles. The van der Waals surface area contributed by atoms with Crippen molar-refractivity contribution in [3.05, 3.63) is 0 Å². The third kappa shape index (κ3) is 4.43. The molecule has 0 heterocycles. The molecular formula is C12H27NO. The zero-order chi connectivity index (χ0) is 11.0. The van der Waals surface area contributed by atoms with Crippen molar-refractivity contribution >= 4 is 0 Å². The lowest BCUT2D eigenvalue weighted by Crippen LogP contribution is -2.47. The summed E-state index contributed by atoms with van der Waals surface area (Å²) in [6.45, 7) is 6.37. The fraction of sp³-hybridized carbons (Fsp3) is 1.00. The van der Waals surface area contributed by atoms with Gasteiger partial charge in [0.05, 0.1) is 5.60 Å². The smallest absolute Gasteiger partial charge is 0.0797 e. The Morgan fingerprint density at radius 3 is 1.93 bits per heavy atom. The van der Waals surface area contributed by atoms with Crippen molar-refractivity contribution in [1.29, 1.82) is 0 Å². The van der Waals surface area contributed by atoms with E-state index < -0.39 is 5.60 Å². The Hall–Kier alpha value is -0.0800. The molecule has 0 spiro atoms. The molecule has 2 heteroatoms. The first-order chi connectivity index (χ1) is 6.60. The Kier molecular flexibility index (Phi) is 7.20. The van der Waals surface area contributed by atoms with Gasteiger partial charge in [-0.25, -0.2) is 0 Å². The average Bonchev–Trinajstić information content (AvgIpc) is 2.15. The summed E-state index contributed by atoms with van der Waals surface area (Å²) in [7, 11) is 0. The summed E-state index contributed by atoms with van der Waals surface area (Å²) in [5, 5.41) is 10.4. The van der Waals surface area contributed by atoms with Crippen molar-refractivity contribution in [3.63, 3.8) is 0 Å². The minimum absolute atomic E-state index is 0.0395. The quantitative estimate of drug-likeness (QED) is 0.634. The van der Waals surface area contributed by atoms with E-state index >= 15 is 0 Å². The van der Waals surface area contributed by atoms with Crippen molar-refractivity contribution in [2.45, 2.75) is 77.4 Å². The van der Waals surface area contributed by atoms with Crippen LogP contribution in [-0.2, 0) is 0 Å². The van der Waals surface area contributed by atoms with E-state index in [-0.39, 0.29) is 6.04 Å². The Bertz CT molecular complexity index is 130. The second-order valence-corrected chi connectivity index (χ2v) is 4.35. The van der Waals surface area contributed by atoms with Gasteiger partial charge in [0.15, 0.2) is 0 Å². The Balaban J connectivity index is 4.15. The predicted octanol–water partition coefficient (Wildman–Crippen LogP) is 2.84. The molecule has 0 saturated carbocycles. The molecule has 0 aromatic carbocycles. The first-order valence-corrected chi connectivity index (χ1v) is 6.08. The van der Waals surface area contributed by atoms with Crippen LogP contribution in [0.1, 0.15) is 65.7 Å². The molecule has 14 heavy (non-hydrogen) atoms. The summed E-state index contributed by atoms with van der Waals surface area (Å²) in [6, 6.07) is -0.0395. The maximum atomic E-state index is 10.4. The second kappa shape index (κ2) is 7.24. The van der Waals surface area contributed by atoms with Crippen LogP contribution in [-0.4, -0.2) is 16.7 Å². The zero-order valence-electron chi connectivity index (χ0n) is 10.1. The van der Waals surface area contributed by atoms with Gasteiger partial charge >= 0.3 is 0 Å². The lowest BCUT2D eigenvalue weighted by molar-refractivity contribution is -0.00657. The first kappa shape index (κ1) is 13.9. The highest BCUT2D eigenvalue weighted by Gasteiger charge is 2.31. The number of rotatable bonds is 8. The molecule has 1 unspecified atom stereocenters. The van der Waals surface area contributed by atoms with Gasteiger partial charge in [-0.2, -0.15) is 0 Å². The van der Waals surface area contributed by atoms with Gasteiger partial charge in [-0.1, -0.05) is 46.5 Å². The second-order valence-electron chi connectivity index (χ2n) is 4.35. The first-order valence-electron chi connectivity index (χ1n) is 6.08. The third-order valence-electron chi connectivity index (χ3n) is 2.92. The van der Waals surface area contributed by atoms with E-state index in [1.165, 1.54) is 0 Å². The van der Waals surface area contributed by atoms with E-state index in [9.17, 15) is 5.11 Å². The maximum absolute atomic E-state index is 10.4. The topological polar surface area (TPSA) is 46.2 Å². The number of hydrogen-bond acceptors (Lipinski definition) is 2. The number of hydrogen-bond donors (Lipinski definition) is 2. The predicted molar refractivity (Wildman–Crippen MR) is 62.3 cm³/mol. The maximum Gasteiger partial charge on any atom is 0.0797 e. The van der Waals surface area contributed by atoms with E-state index in [1.807, 2.05) is 0 Å². The van der Waals surface area contributed by atoms with Crippen LogP contribution in [0.2, 0.25) is 0 Å². The minimum Gasteiger partial charge on any atom is -0.388 e. The van der Waals surface area contributed by atoms with Crippen LogP contribution in [0.25, 0.3) is 0 Å². The van der Waals surface area contributed by atoms with Crippen LogP contribution in [0.3, 0.4) is 0 Å². The van der Waals surface area contributed by atoms with Crippen LogP contribution in [0.5, 0.6) is 0 Å². The van der Waals surface area contributed by atoms with Crippen molar-refractivity contribution in [2.24, 2.45) is 5.73 Å². The summed E-state index contributed by atoms with van der Waals surface area (Å²) in [5.41, 5.74) is 5.45. The van der Waals surface area contributed by atoms with E-state index in [4.69, 9.17) is 5.73 Å². The van der Waals surface area contributed by atoms with Crippen molar-refractivity contribution in [1.82, 2.24) is 0 Å². The highest BCUT2D eigenvalue weighted by atomic mass is 16.3. The van der Waals surface area contributed by atoms with Crippen molar-refractivity contribution in [2.75, 3.05) is 0 Å². The van der Waals surface area contributed by atoms with Crippen LogP contribution >= 0.6 is 0 Å². The molecule has 3 N–H and O–H groups in total. The van der Waals surface area contributed by atoms with Gasteiger partial charge in [-0.3, -0.25) is 0 Å². The molecular weight excluding hydrogens is 174 g/mol. The summed E-state index contributed by atoms with van der Waals surface area (Å²) in [6.07, 6.45) is 6.93. The fourth-order valence-electron chi connectivity index (χ4n) is 2.05. The third-order valence-corrected chi connectivity index (χ3v) is 2.92. The van der Waals surface area contributed by atoms with Gasteiger partial charge < -0.3 is 10.8 Å².